The van der Waals surface area contributed by atoms with Crippen molar-refractivity contribution in [3.05, 3.63) is 0 Å². The number of carbonyl (C=O) groups excluding carboxylic acids is 1. The molecule has 0 saturated carbocycles. The zero-order valence-corrected chi connectivity index (χ0v) is 10.1. The van der Waals surface area contributed by atoms with Crippen LogP contribution in [-0.2, 0) is 9.59 Å². The molecule has 0 unspecified atom stereocenters. The molecule has 1 rings (SSSR count). The monoisotopic (exact) mass is 227 g/mol. The van der Waals surface area contributed by atoms with Crippen LogP contribution in [0.5, 0.6) is 0 Å². The van der Waals surface area contributed by atoms with Crippen molar-refractivity contribution in [3.8, 4) is 0 Å². The molecule has 4 nitrogen and oxygen atoms in total. The van der Waals surface area contributed by atoms with E-state index in [0.717, 1.165) is 12.8 Å². The smallest absolute Gasteiger partial charge is 0.303 e. The van der Waals surface area contributed by atoms with Crippen LogP contribution in [0.15, 0.2) is 0 Å². The first-order chi connectivity index (χ1) is 7.52. The molecule has 16 heavy (non-hydrogen) atoms. The van der Waals surface area contributed by atoms with Crippen LogP contribution < -0.4 is 0 Å². The number of nitrogens with zero attached hydrogens (tertiary/aromatic N) is 1. The van der Waals surface area contributed by atoms with E-state index in [1.807, 2.05) is 4.90 Å². The SMILES string of the molecule is C[C@@H]1CCC[C@H](C)N1C(=O)CCCC(=O)O. The molecule has 1 fully saturated rings. The molecular formula is C12H21NO3. The number of hydrogen-bond donors (Lipinski definition) is 1. The lowest BCUT2D eigenvalue weighted by Gasteiger charge is -2.39. The number of amides is 1. The van der Waals surface area contributed by atoms with Gasteiger partial charge in [-0.1, -0.05) is 0 Å². The fourth-order valence-corrected chi connectivity index (χ4v) is 2.43. The molecule has 92 valence electrons. The van der Waals surface area contributed by atoms with Crippen LogP contribution in [0.2, 0.25) is 0 Å². The number of piperidine rings is 1. The van der Waals surface area contributed by atoms with E-state index in [1.165, 1.54) is 6.42 Å². The maximum atomic E-state index is 11.9. The van der Waals surface area contributed by atoms with E-state index in [0.29, 0.717) is 24.9 Å². The average Bonchev–Trinajstić information content (AvgIpc) is 2.16. The molecule has 2 atom stereocenters. The molecule has 0 radical (unpaired) electrons. The Morgan fingerprint density at radius 3 is 2.25 bits per heavy atom. The first-order valence-electron chi connectivity index (χ1n) is 6.05. The van der Waals surface area contributed by atoms with E-state index in [-0.39, 0.29) is 12.3 Å². The summed E-state index contributed by atoms with van der Waals surface area (Å²) in [4.78, 5) is 24.2. The van der Waals surface area contributed by atoms with Gasteiger partial charge in [0.1, 0.15) is 0 Å². The highest BCUT2D eigenvalue weighted by atomic mass is 16.4. The van der Waals surface area contributed by atoms with Gasteiger partial charge in [-0.2, -0.15) is 0 Å². The molecule has 1 N–H and O–H groups in total. The Morgan fingerprint density at radius 1 is 1.19 bits per heavy atom. The van der Waals surface area contributed by atoms with E-state index in [9.17, 15) is 9.59 Å². The van der Waals surface area contributed by atoms with Crippen LogP contribution in [-0.4, -0.2) is 34.0 Å². The number of rotatable bonds is 4. The highest BCUT2D eigenvalue weighted by Gasteiger charge is 2.28. The number of carbonyl (C=O) groups is 2. The topological polar surface area (TPSA) is 57.6 Å². The van der Waals surface area contributed by atoms with Crippen molar-refractivity contribution in [1.29, 1.82) is 0 Å². The maximum absolute atomic E-state index is 11.9. The molecular weight excluding hydrogens is 206 g/mol. The third kappa shape index (κ3) is 3.51. The molecule has 0 aromatic heterocycles. The normalized spacial score (nSPS) is 25.5. The summed E-state index contributed by atoms with van der Waals surface area (Å²) in [7, 11) is 0. The van der Waals surface area contributed by atoms with Crippen molar-refractivity contribution >= 4 is 11.9 Å². The minimum atomic E-state index is -0.826. The Hall–Kier alpha value is -1.06. The minimum absolute atomic E-state index is 0.0857. The largest absolute Gasteiger partial charge is 0.481 e. The number of carboxylic acids is 1. The van der Waals surface area contributed by atoms with Crippen LogP contribution in [0, 0.1) is 0 Å². The lowest BCUT2D eigenvalue weighted by molar-refractivity contribution is -0.138. The van der Waals surface area contributed by atoms with E-state index in [4.69, 9.17) is 5.11 Å². The number of likely N-dealkylation sites (tertiary alicyclic amines) is 1. The third-order valence-corrected chi connectivity index (χ3v) is 3.26. The Bertz CT molecular complexity index is 255. The van der Waals surface area contributed by atoms with Gasteiger partial charge in [0.15, 0.2) is 0 Å². The quantitative estimate of drug-likeness (QED) is 0.799. The second kappa shape index (κ2) is 5.87. The minimum Gasteiger partial charge on any atom is -0.481 e. The first kappa shape index (κ1) is 13.0. The first-order valence-corrected chi connectivity index (χ1v) is 6.05. The molecule has 0 spiro atoms. The number of carboxylic acid groups (broad SMARTS) is 1. The molecule has 1 saturated heterocycles. The van der Waals surface area contributed by atoms with Gasteiger partial charge in [-0.15, -0.1) is 0 Å². The van der Waals surface area contributed by atoms with Gasteiger partial charge in [0.25, 0.3) is 0 Å². The predicted octanol–water partition coefficient (Wildman–Crippen LogP) is 2.03. The van der Waals surface area contributed by atoms with Crippen LogP contribution in [0.1, 0.15) is 52.4 Å². The van der Waals surface area contributed by atoms with Gasteiger partial charge < -0.3 is 10.0 Å². The fraction of sp³-hybridized carbons (Fsp3) is 0.833. The van der Waals surface area contributed by atoms with Gasteiger partial charge in [0.05, 0.1) is 0 Å². The molecule has 0 aromatic carbocycles. The Kier molecular flexibility index (Phi) is 4.77. The summed E-state index contributed by atoms with van der Waals surface area (Å²) in [6.07, 6.45) is 4.21. The van der Waals surface area contributed by atoms with Gasteiger partial charge in [-0.3, -0.25) is 9.59 Å². The van der Waals surface area contributed by atoms with E-state index < -0.39 is 5.97 Å². The lowest BCUT2D eigenvalue weighted by atomic mass is 9.97. The Labute approximate surface area is 96.6 Å². The molecule has 4 heteroatoms. The van der Waals surface area contributed by atoms with Gasteiger partial charge in [-0.25, -0.2) is 0 Å². The summed E-state index contributed by atoms with van der Waals surface area (Å²) < 4.78 is 0. The summed E-state index contributed by atoms with van der Waals surface area (Å²) in [5, 5.41) is 8.52. The van der Waals surface area contributed by atoms with Crippen LogP contribution in [0.25, 0.3) is 0 Å². The van der Waals surface area contributed by atoms with E-state index >= 15 is 0 Å². The summed E-state index contributed by atoms with van der Waals surface area (Å²) in [5.41, 5.74) is 0. The maximum Gasteiger partial charge on any atom is 0.303 e. The van der Waals surface area contributed by atoms with E-state index in [1.54, 1.807) is 0 Å². The van der Waals surface area contributed by atoms with Gasteiger partial charge in [0.2, 0.25) is 5.91 Å². The van der Waals surface area contributed by atoms with Crippen molar-refractivity contribution in [3.63, 3.8) is 0 Å². The van der Waals surface area contributed by atoms with Crippen molar-refractivity contribution in [2.75, 3.05) is 0 Å². The Balaban J connectivity index is 2.41. The van der Waals surface area contributed by atoms with Crippen molar-refractivity contribution in [2.24, 2.45) is 0 Å². The molecule has 0 bridgehead atoms. The van der Waals surface area contributed by atoms with Crippen LogP contribution in [0.3, 0.4) is 0 Å². The fourth-order valence-electron chi connectivity index (χ4n) is 2.43. The lowest BCUT2D eigenvalue weighted by Crippen LogP contribution is -2.47. The third-order valence-electron chi connectivity index (χ3n) is 3.26. The summed E-state index contributed by atoms with van der Waals surface area (Å²) >= 11 is 0. The average molecular weight is 227 g/mol. The van der Waals surface area contributed by atoms with Crippen molar-refractivity contribution < 1.29 is 14.7 Å². The molecule has 1 aliphatic rings. The summed E-state index contributed by atoms with van der Waals surface area (Å²) in [6.45, 7) is 4.15. The summed E-state index contributed by atoms with van der Waals surface area (Å²) in [5.74, 6) is -0.714. The van der Waals surface area contributed by atoms with E-state index in [2.05, 4.69) is 13.8 Å². The Morgan fingerprint density at radius 2 is 1.75 bits per heavy atom. The zero-order valence-electron chi connectivity index (χ0n) is 10.1. The second-order valence-corrected chi connectivity index (χ2v) is 4.68. The van der Waals surface area contributed by atoms with Crippen molar-refractivity contribution in [1.82, 2.24) is 4.90 Å². The van der Waals surface area contributed by atoms with Crippen LogP contribution in [0.4, 0.5) is 0 Å². The molecule has 1 aliphatic heterocycles. The molecule has 0 aliphatic carbocycles. The van der Waals surface area contributed by atoms with Crippen LogP contribution >= 0.6 is 0 Å². The summed E-state index contributed by atoms with van der Waals surface area (Å²) in [6, 6.07) is 0.613. The molecule has 1 heterocycles. The van der Waals surface area contributed by atoms with Gasteiger partial charge in [-0.05, 0) is 39.5 Å². The van der Waals surface area contributed by atoms with Crippen molar-refractivity contribution in [2.45, 2.75) is 64.5 Å². The predicted molar refractivity (Wildman–Crippen MR) is 61.1 cm³/mol. The highest BCUT2D eigenvalue weighted by Crippen LogP contribution is 2.23. The number of hydrogen-bond acceptors (Lipinski definition) is 2. The van der Waals surface area contributed by atoms with Gasteiger partial charge in [0, 0.05) is 24.9 Å². The molecule has 1 amide bonds. The second-order valence-electron chi connectivity index (χ2n) is 4.68. The van der Waals surface area contributed by atoms with Gasteiger partial charge >= 0.3 is 5.97 Å². The zero-order chi connectivity index (χ0) is 12.1. The molecule has 0 aromatic rings. The standard InChI is InChI=1S/C12H21NO3/c1-9-5-3-6-10(2)13(9)11(14)7-4-8-12(15)16/h9-10H,3-8H2,1-2H3,(H,15,16)/t9-,10+. The number of aliphatic carboxylic acids is 1. The highest BCUT2D eigenvalue weighted by molar-refractivity contribution is 5.77.